The van der Waals surface area contributed by atoms with Crippen LogP contribution in [0.1, 0.15) is 23.1 Å². The molecule has 0 aliphatic heterocycles. The summed E-state index contributed by atoms with van der Waals surface area (Å²) in [6.07, 6.45) is -0.0468. The molecule has 1 fully saturated rings. The van der Waals surface area contributed by atoms with Gasteiger partial charge in [-0.2, -0.15) is 0 Å². The van der Waals surface area contributed by atoms with Crippen molar-refractivity contribution in [2.24, 2.45) is 17.6 Å². The standard InChI is InChI=1S/C31H34N6O10/c1-12-6-7-16(19(8-12)37(46)47)33-30(44)34-17-11-18(35(2)3)14-9-13-10-15-23(36(4)5)26(40)22(29(32)43)28(42)31(15,45)27(41)20(13)25(39)21(14)24(17)38/h6-8,11,13,15,23,38-39,42,45H,9-10H2,1-5H3,(H2,32,43)(H2,33,34,44). The number of aromatic hydroxyl groups is 1. The number of fused-ring (bicyclic) bond motifs is 3. The lowest BCUT2D eigenvalue weighted by Crippen LogP contribution is -2.65. The molecule has 0 bridgehead atoms. The van der Waals surface area contributed by atoms with E-state index >= 15 is 0 Å². The number of aryl methyl sites for hydroxylation is 1. The summed E-state index contributed by atoms with van der Waals surface area (Å²) in [6, 6.07) is 3.44. The van der Waals surface area contributed by atoms with Gasteiger partial charge in [0.2, 0.25) is 5.78 Å². The maximum absolute atomic E-state index is 14.1. The van der Waals surface area contributed by atoms with E-state index in [4.69, 9.17) is 5.73 Å². The monoisotopic (exact) mass is 650 g/mol. The number of hydrogen-bond acceptors (Lipinski definition) is 12. The number of nitrogens with zero attached hydrogens (tertiary/aromatic N) is 3. The number of likely N-dealkylation sites (N-methyl/N-ethyl adjacent to an activating group) is 1. The number of carbonyl (C=O) groups is 4. The number of benzene rings is 2. The van der Waals surface area contributed by atoms with Crippen LogP contribution in [0, 0.1) is 28.9 Å². The molecule has 2 aromatic carbocycles. The zero-order valence-corrected chi connectivity index (χ0v) is 26.1. The zero-order chi connectivity index (χ0) is 34.9. The number of nitro benzene ring substituents is 1. The molecule has 0 spiro atoms. The number of nitro groups is 1. The summed E-state index contributed by atoms with van der Waals surface area (Å²) in [4.78, 5) is 66.5. The van der Waals surface area contributed by atoms with Crippen molar-refractivity contribution in [1.29, 1.82) is 0 Å². The number of phenolic OH excluding ortho intramolecular Hbond substituents is 1. The molecule has 3 aliphatic rings. The maximum atomic E-state index is 14.1. The Morgan fingerprint density at radius 3 is 2.28 bits per heavy atom. The van der Waals surface area contributed by atoms with E-state index in [2.05, 4.69) is 10.6 Å². The Hall–Kier alpha value is -5.48. The highest BCUT2D eigenvalue weighted by Gasteiger charge is 2.64. The molecule has 4 atom stereocenters. The summed E-state index contributed by atoms with van der Waals surface area (Å²) in [5, 5.41) is 62.2. The summed E-state index contributed by atoms with van der Waals surface area (Å²) < 4.78 is 0. The highest BCUT2D eigenvalue weighted by molar-refractivity contribution is 6.24. The van der Waals surface area contributed by atoms with E-state index in [-0.39, 0.29) is 41.0 Å². The lowest BCUT2D eigenvalue weighted by atomic mass is 9.57. The van der Waals surface area contributed by atoms with Gasteiger partial charge in [-0.1, -0.05) is 6.07 Å². The van der Waals surface area contributed by atoms with Crippen molar-refractivity contribution < 1.29 is 44.5 Å². The fraction of sp³-hybridized carbons (Fsp3) is 0.355. The number of aliphatic hydroxyl groups is 3. The third-order valence-corrected chi connectivity index (χ3v) is 9.03. The Morgan fingerprint density at radius 2 is 1.70 bits per heavy atom. The molecule has 16 nitrogen and oxygen atoms in total. The summed E-state index contributed by atoms with van der Waals surface area (Å²) >= 11 is 0. The quantitative estimate of drug-likeness (QED) is 0.102. The Morgan fingerprint density at radius 1 is 1.06 bits per heavy atom. The second kappa shape index (κ2) is 11.4. The van der Waals surface area contributed by atoms with Crippen LogP contribution >= 0.6 is 0 Å². The Labute approximate surface area is 267 Å². The first-order valence-corrected chi connectivity index (χ1v) is 14.5. The summed E-state index contributed by atoms with van der Waals surface area (Å²) in [7, 11) is 6.36. The molecule has 16 heteroatoms. The molecule has 2 aromatic rings. The highest BCUT2D eigenvalue weighted by atomic mass is 16.6. The van der Waals surface area contributed by atoms with E-state index in [1.807, 2.05) is 0 Å². The number of nitrogens with two attached hydrogens (primary N) is 1. The Kier molecular flexibility index (Phi) is 7.98. The van der Waals surface area contributed by atoms with Gasteiger partial charge >= 0.3 is 6.03 Å². The number of ketones is 2. The highest BCUT2D eigenvalue weighted by Crippen LogP contribution is 2.54. The molecule has 0 aromatic heterocycles. The molecule has 4 unspecified atom stereocenters. The molecule has 0 heterocycles. The molecule has 248 valence electrons. The summed E-state index contributed by atoms with van der Waals surface area (Å²) in [6.45, 7) is 1.65. The number of hydrogen-bond donors (Lipinski definition) is 7. The average molecular weight is 651 g/mol. The Balaban J connectivity index is 1.62. The van der Waals surface area contributed by atoms with Crippen LogP contribution in [0.4, 0.5) is 27.5 Å². The van der Waals surface area contributed by atoms with Gasteiger partial charge in [0.1, 0.15) is 22.8 Å². The molecule has 8 N–H and O–H groups in total. The number of primary amides is 1. The van der Waals surface area contributed by atoms with Crippen molar-refractivity contribution >= 4 is 52.0 Å². The number of Topliss-reactive ketones (excluding diaryl/α,β-unsaturated/α-hetero) is 2. The molecule has 0 radical (unpaired) electrons. The number of urea groups is 1. The third-order valence-electron chi connectivity index (χ3n) is 9.03. The van der Waals surface area contributed by atoms with Crippen molar-refractivity contribution in [1.82, 2.24) is 4.90 Å². The van der Waals surface area contributed by atoms with E-state index in [1.54, 1.807) is 32.0 Å². The maximum Gasteiger partial charge on any atom is 0.323 e. The van der Waals surface area contributed by atoms with Crippen molar-refractivity contribution in [3.05, 3.63) is 68.0 Å². The molecule has 3 aliphatic carbocycles. The number of anilines is 3. The van der Waals surface area contributed by atoms with Crippen LogP contribution in [0.15, 0.2) is 41.2 Å². The van der Waals surface area contributed by atoms with Gasteiger partial charge in [0.05, 0.1) is 22.2 Å². The second-order valence-corrected chi connectivity index (χ2v) is 12.4. The van der Waals surface area contributed by atoms with Crippen LogP contribution in [0.3, 0.4) is 0 Å². The topological polar surface area (TPSA) is 249 Å². The fourth-order valence-electron chi connectivity index (χ4n) is 6.96. The predicted molar refractivity (Wildman–Crippen MR) is 169 cm³/mol. The lowest BCUT2D eigenvalue weighted by Gasteiger charge is -2.50. The first kappa shape index (κ1) is 32.9. The van der Waals surface area contributed by atoms with Crippen molar-refractivity contribution in [3.63, 3.8) is 0 Å². The average Bonchev–Trinajstić information content (AvgIpc) is 2.96. The van der Waals surface area contributed by atoms with E-state index < -0.39 is 74.7 Å². The van der Waals surface area contributed by atoms with Crippen LogP contribution in [0.5, 0.6) is 5.75 Å². The van der Waals surface area contributed by atoms with Crippen LogP contribution < -0.4 is 21.3 Å². The second-order valence-electron chi connectivity index (χ2n) is 12.4. The summed E-state index contributed by atoms with van der Waals surface area (Å²) in [5.74, 6) is -7.98. The normalized spacial score (nSPS) is 23.6. The zero-order valence-electron chi connectivity index (χ0n) is 26.1. The van der Waals surface area contributed by atoms with Crippen molar-refractivity contribution in [2.75, 3.05) is 43.7 Å². The van der Waals surface area contributed by atoms with E-state index in [9.17, 15) is 49.7 Å². The van der Waals surface area contributed by atoms with Gasteiger partial charge in [-0.15, -0.1) is 0 Å². The first-order chi connectivity index (χ1) is 21.9. The van der Waals surface area contributed by atoms with Crippen LogP contribution in [-0.2, 0) is 20.8 Å². The Bertz CT molecular complexity index is 1850. The van der Waals surface area contributed by atoms with Gasteiger partial charge in [0.25, 0.3) is 11.6 Å². The molecule has 1 saturated carbocycles. The number of phenols is 1. The van der Waals surface area contributed by atoms with Crippen molar-refractivity contribution in [2.45, 2.75) is 31.4 Å². The van der Waals surface area contributed by atoms with E-state index in [0.29, 0.717) is 16.8 Å². The predicted octanol–water partition coefficient (Wildman–Crippen LogP) is 1.89. The first-order valence-electron chi connectivity index (χ1n) is 14.5. The van der Waals surface area contributed by atoms with E-state index in [1.165, 1.54) is 37.2 Å². The van der Waals surface area contributed by atoms with Gasteiger partial charge < -0.3 is 41.7 Å². The number of carbonyl (C=O) groups excluding carboxylic acids is 4. The van der Waals surface area contributed by atoms with Crippen molar-refractivity contribution in [3.8, 4) is 5.75 Å². The number of amides is 3. The van der Waals surface area contributed by atoms with Gasteiger partial charge in [-0.25, -0.2) is 4.79 Å². The minimum absolute atomic E-state index is 0.0393. The van der Waals surface area contributed by atoms with Gasteiger partial charge in [0.15, 0.2) is 17.1 Å². The smallest absolute Gasteiger partial charge is 0.323 e. The van der Waals surface area contributed by atoms with Crippen LogP contribution in [0.25, 0.3) is 5.76 Å². The number of nitrogens with one attached hydrogen (secondary N) is 2. The fourth-order valence-corrected chi connectivity index (χ4v) is 6.96. The summed E-state index contributed by atoms with van der Waals surface area (Å²) in [5.41, 5.74) is 1.77. The number of rotatable bonds is 6. The molecular formula is C31H34N6O10. The van der Waals surface area contributed by atoms with Crippen LogP contribution in [-0.4, -0.2) is 93.6 Å². The van der Waals surface area contributed by atoms with Gasteiger partial charge in [-0.3, -0.25) is 29.4 Å². The largest absolute Gasteiger partial charge is 0.508 e. The minimum Gasteiger partial charge on any atom is -0.508 e. The van der Waals surface area contributed by atoms with E-state index in [0.717, 1.165) is 0 Å². The third kappa shape index (κ3) is 5.01. The molecule has 5 rings (SSSR count). The minimum atomic E-state index is -2.80. The molecular weight excluding hydrogens is 616 g/mol. The molecule has 3 amide bonds. The van der Waals surface area contributed by atoms with Crippen LogP contribution in [0.2, 0.25) is 0 Å². The van der Waals surface area contributed by atoms with Gasteiger partial charge in [0, 0.05) is 37.3 Å². The SMILES string of the molecule is Cc1ccc(NC(=O)Nc2cc(N(C)C)c3c(c2O)C(O)=C2C(=O)C4(O)C(O)=C(C(N)=O)C(=O)C(N(C)C)C4CC2C3)c([N+](=O)[O-])c1. The molecule has 0 saturated heterocycles. The molecule has 47 heavy (non-hydrogen) atoms. The lowest BCUT2D eigenvalue weighted by molar-refractivity contribution is -0.384. The number of aliphatic hydroxyl groups excluding tert-OH is 2. The van der Waals surface area contributed by atoms with Gasteiger partial charge in [-0.05, 0) is 63.0 Å².